The minimum absolute atomic E-state index is 0.775. The zero-order chi connectivity index (χ0) is 12.8. The Morgan fingerprint density at radius 1 is 1.28 bits per heavy atom. The predicted molar refractivity (Wildman–Crippen MR) is 80.3 cm³/mol. The van der Waals surface area contributed by atoms with Crippen molar-refractivity contribution in [2.24, 2.45) is 0 Å². The van der Waals surface area contributed by atoms with Crippen molar-refractivity contribution in [3.63, 3.8) is 0 Å². The normalized spacial score (nSPS) is 10.8. The van der Waals surface area contributed by atoms with Gasteiger partial charge in [-0.1, -0.05) is 24.3 Å². The van der Waals surface area contributed by atoms with E-state index in [0.29, 0.717) is 0 Å². The van der Waals surface area contributed by atoms with Gasteiger partial charge in [-0.2, -0.15) is 0 Å². The molecule has 0 amide bonds. The molecule has 0 atom stereocenters. The monoisotopic (exact) mass is 356 g/mol. The van der Waals surface area contributed by atoms with Gasteiger partial charge in [0.15, 0.2) is 0 Å². The van der Waals surface area contributed by atoms with Crippen LogP contribution in [0.1, 0.15) is 24.6 Å². The van der Waals surface area contributed by atoms with E-state index in [-0.39, 0.29) is 0 Å². The van der Waals surface area contributed by atoms with E-state index in [2.05, 4.69) is 69.4 Å². The topological polar surface area (TPSA) is 42.7 Å². The van der Waals surface area contributed by atoms with E-state index in [1.807, 2.05) is 10.9 Å². The molecule has 0 bridgehead atoms. The molecule has 0 saturated heterocycles. The summed E-state index contributed by atoms with van der Waals surface area (Å²) in [7, 11) is 0. The molecular formula is C13H17IN4. The molecule has 1 heterocycles. The number of aromatic nitrogens is 3. The average Bonchev–Trinajstić information content (AvgIpc) is 2.80. The van der Waals surface area contributed by atoms with Crippen molar-refractivity contribution in [3.8, 4) is 0 Å². The second-order valence-electron chi connectivity index (χ2n) is 4.21. The van der Waals surface area contributed by atoms with Crippen LogP contribution < -0.4 is 5.32 Å². The van der Waals surface area contributed by atoms with Gasteiger partial charge in [-0.15, -0.1) is 5.10 Å². The Bertz CT molecular complexity index is 478. The van der Waals surface area contributed by atoms with Crippen molar-refractivity contribution in [3.05, 3.63) is 45.3 Å². The number of hydrogen-bond donors (Lipinski definition) is 1. The predicted octanol–water partition coefficient (Wildman–Crippen LogP) is 2.43. The number of halogens is 1. The van der Waals surface area contributed by atoms with Crippen LogP contribution >= 0.6 is 22.6 Å². The number of rotatable bonds is 6. The molecule has 1 N–H and O–H groups in total. The summed E-state index contributed by atoms with van der Waals surface area (Å²) in [6.45, 7) is 4.74. The highest BCUT2D eigenvalue weighted by Crippen LogP contribution is 2.08. The summed E-state index contributed by atoms with van der Waals surface area (Å²) in [6, 6.07) is 8.46. The van der Waals surface area contributed by atoms with Gasteiger partial charge in [0.2, 0.25) is 0 Å². The van der Waals surface area contributed by atoms with Crippen molar-refractivity contribution >= 4 is 22.6 Å². The van der Waals surface area contributed by atoms with Crippen LogP contribution in [0.25, 0.3) is 0 Å². The van der Waals surface area contributed by atoms with Crippen molar-refractivity contribution in [1.29, 1.82) is 0 Å². The van der Waals surface area contributed by atoms with Crippen LogP contribution in [0.5, 0.6) is 0 Å². The SMILES string of the molecule is CCCNCc1cn(Cc2ccc(I)cc2)nn1. The van der Waals surface area contributed by atoms with Crippen LogP contribution in [0.3, 0.4) is 0 Å². The fourth-order valence-corrected chi connectivity index (χ4v) is 2.03. The molecule has 0 fully saturated rings. The highest BCUT2D eigenvalue weighted by atomic mass is 127. The van der Waals surface area contributed by atoms with Gasteiger partial charge in [-0.3, -0.25) is 0 Å². The van der Waals surface area contributed by atoms with Crippen LogP contribution in [0, 0.1) is 3.57 Å². The Hall–Kier alpha value is -0.950. The molecule has 0 radical (unpaired) electrons. The lowest BCUT2D eigenvalue weighted by Crippen LogP contribution is -2.13. The van der Waals surface area contributed by atoms with Gasteiger partial charge in [-0.05, 0) is 53.3 Å². The molecule has 4 nitrogen and oxygen atoms in total. The molecular weight excluding hydrogens is 339 g/mol. The van der Waals surface area contributed by atoms with Crippen LogP contribution in [0.15, 0.2) is 30.5 Å². The first-order valence-corrected chi connectivity index (χ1v) is 7.20. The molecule has 1 aromatic carbocycles. The average molecular weight is 356 g/mol. The quantitative estimate of drug-likeness (QED) is 0.639. The summed E-state index contributed by atoms with van der Waals surface area (Å²) in [4.78, 5) is 0. The van der Waals surface area contributed by atoms with E-state index in [1.54, 1.807) is 0 Å². The van der Waals surface area contributed by atoms with Gasteiger partial charge in [0.1, 0.15) is 0 Å². The lowest BCUT2D eigenvalue weighted by Gasteiger charge is -2.01. The minimum atomic E-state index is 0.775. The van der Waals surface area contributed by atoms with Crippen LogP contribution in [-0.4, -0.2) is 21.5 Å². The van der Waals surface area contributed by atoms with Crippen molar-refractivity contribution in [2.45, 2.75) is 26.4 Å². The third-order valence-electron chi connectivity index (χ3n) is 2.58. The zero-order valence-corrected chi connectivity index (χ0v) is 12.6. The fraction of sp³-hybridized carbons (Fsp3) is 0.385. The fourth-order valence-electron chi connectivity index (χ4n) is 1.67. The number of nitrogens with one attached hydrogen (secondary N) is 1. The summed E-state index contributed by atoms with van der Waals surface area (Å²) in [5.74, 6) is 0. The summed E-state index contributed by atoms with van der Waals surface area (Å²) in [5.41, 5.74) is 2.24. The standard InChI is InChI=1S/C13H17IN4/c1-2-7-15-8-13-10-18(17-16-13)9-11-3-5-12(14)6-4-11/h3-6,10,15H,2,7-9H2,1H3. The smallest absolute Gasteiger partial charge is 0.0964 e. The van der Waals surface area contributed by atoms with Crippen LogP contribution in [0.2, 0.25) is 0 Å². The maximum absolute atomic E-state index is 4.15. The summed E-state index contributed by atoms with van der Waals surface area (Å²) in [6.07, 6.45) is 3.14. The molecule has 96 valence electrons. The van der Waals surface area contributed by atoms with Crippen molar-refractivity contribution in [1.82, 2.24) is 20.3 Å². The zero-order valence-electron chi connectivity index (χ0n) is 10.4. The largest absolute Gasteiger partial charge is 0.311 e. The molecule has 0 spiro atoms. The molecule has 0 saturated carbocycles. The summed E-state index contributed by atoms with van der Waals surface area (Å²) in [5, 5.41) is 11.6. The van der Waals surface area contributed by atoms with Crippen LogP contribution in [0.4, 0.5) is 0 Å². The molecule has 2 aromatic rings. The maximum atomic E-state index is 4.15. The van der Waals surface area contributed by atoms with E-state index in [9.17, 15) is 0 Å². The Morgan fingerprint density at radius 2 is 2.06 bits per heavy atom. The Morgan fingerprint density at radius 3 is 2.78 bits per heavy atom. The van der Waals surface area contributed by atoms with E-state index in [0.717, 1.165) is 31.7 Å². The summed E-state index contributed by atoms with van der Waals surface area (Å²) < 4.78 is 3.13. The van der Waals surface area contributed by atoms with E-state index >= 15 is 0 Å². The molecule has 0 aliphatic rings. The van der Waals surface area contributed by atoms with Gasteiger partial charge in [0, 0.05) is 10.1 Å². The Kier molecular flexibility index (Phi) is 5.12. The van der Waals surface area contributed by atoms with Gasteiger partial charge >= 0.3 is 0 Å². The van der Waals surface area contributed by atoms with Gasteiger partial charge in [0.25, 0.3) is 0 Å². The lowest BCUT2D eigenvalue weighted by molar-refractivity contribution is 0.645. The molecule has 0 aliphatic carbocycles. The van der Waals surface area contributed by atoms with Crippen LogP contribution in [-0.2, 0) is 13.1 Å². The highest BCUT2D eigenvalue weighted by Gasteiger charge is 2.01. The Balaban J connectivity index is 1.91. The second-order valence-corrected chi connectivity index (χ2v) is 5.46. The van der Waals surface area contributed by atoms with Gasteiger partial charge < -0.3 is 5.32 Å². The number of nitrogens with zero attached hydrogens (tertiary/aromatic N) is 3. The maximum Gasteiger partial charge on any atom is 0.0964 e. The second kappa shape index (κ2) is 6.84. The molecule has 1 aromatic heterocycles. The lowest BCUT2D eigenvalue weighted by atomic mass is 10.2. The first-order chi connectivity index (χ1) is 8.78. The van der Waals surface area contributed by atoms with E-state index in [1.165, 1.54) is 9.13 Å². The third-order valence-corrected chi connectivity index (χ3v) is 3.30. The molecule has 2 rings (SSSR count). The van der Waals surface area contributed by atoms with Gasteiger partial charge in [-0.25, -0.2) is 4.68 Å². The summed E-state index contributed by atoms with van der Waals surface area (Å²) >= 11 is 2.31. The first-order valence-electron chi connectivity index (χ1n) is 6.12. The molecule has 18 heavy (non-hydrogen) atoms. The first kappa shape index (κ1) is 13.5. The Labute approximate surface area is 121 Å². The highest BCUT2D eigenvalue weighted by molar-refractivity contribution is 14.1. The van der Waals surface area contributed by atoms with E-state index < -0.39 is 0 Å². The number of benzene rings is 1. The molecule has 0 unspecified atom stereocenters. The minimum Gasteiger partial charge on any atom is -0.311 e. The van der Waals surface area contributed by atoms with Crippen molar-refractivity contribution in [2.75, 3.05) is 6.54 Å². The molecule has 0 aliphatic heterocycles. The van der Waals surface area contributed by atoms with Crippen molar-refractivity contribution < 1.29 is 0 Å². The van der Waals surface area contributed by atoms with Gasteiger partial charge in [0.05, 0.1) is 18.4 Å². The molecule has 5 heteroatoms. The number of hydrogen-bond acceptors (Lipinski definition) is 3. The van der Waals surface area contributed by atoms with E-state index in [4.69, 9.17) is 0 Å². The third kappa shape index (κ3) is 4.06.